The number of aliphatic hydroxyl groups is 1. The standard InChI is InChI=1S/C14H17ClFN3O2/c1-19-5-4-11(18-19)9-21-14-3-2-10(16)6-13(14)17-8-12(20)7-15/h2-6,12,17,20H,7-9H2,1H3. The van der Waals surface area contributed by atoms with Gasteiger partial charge in [-0.1, -0.05) is 0 Å². The van der Waals surface area contributed by atoms with Crippen molar-refractivity contribution in [1.82, 2.24) is 9.78 Å². The Labute approximate surface area is 127 Å². The summed E-state index contributed by atoms with van der Waals surface area (Å²) >= 11 is 5.53. The van der Waals surface area contributed by atoms with Crippen molar-refractivity contribution in [1.29, 1.82) is 0 Å². The number of nitrogens with one attached hydrogen (secondary N) is 1. The van der Waals surface area contributed by atoms with E-state index in [1.165, 1.54) is 18.2 Å². The fourth-order valence-corrected chi connectivity index (χ4v) is 1.85. The highest BCUT2D eigenvalue weighted by Gasteiger charge is 2.09. The Kier molecular flexibility index (Phi) is 5.41. The van der Waals surface area contributed by atoms with Crippen molar-refractivity contribution >= 4 is 17.3 Å². The Hall–Kier alpha value is -1.79. The molecule has 1 aromatic heterocycles. The number of benzene rings is 1. The Bertz CT molecular complexity index is 591. The van der Waals surface area contributed by atoms with E-state index in [9.17, 15) is 9.50 Å². The fraction of sp³-hybridized carbons (Fsp3) is 0.357. The second-order valence-corrected chi connectivity index (χ2v) is 4.91. The molecule has 1 atom stereocenters. The molecule has 2 aromatic rings. The van der Waals surface area contributed by atoms with Gasteiger partial charge in [0, 0.05) is 25.9 Å². The van der Waals surface area contributed by atoms with Crippen LogP contribution in [0.4, 0.5) is 10.1 Å². The van der Waals surface area contributed by atoms with E-state index >= 15 is 0 Å². The van der Waals surface area contributed by atoms with Gasteiger partial charge in [0.05, 0.1) is 23.4 Å². The lowest BCUT2D eigenvalue weighted by Crippen LogP contribution is -2.21. The highest BCUT2D eigenvalue weighted by Crippen LogP contribution is 2.26. The summed E-state index contributed by atoms with van der Waals surface area (Å²) < 4.78 is 20.6. The smallest absolute Gasteiger partial charge is 0.143 e. The molecule has 5 nitrogen and oxygen atoms in total. The second kappa shape index (κ2) is 7.28. The summed E-state index contributed by atoms with van der Waals surface area (Å²) in [5.41, 5.74) is 1.24. The monoisotopic (exact) mass is 313 g/mol. The molecule has 114 valence electrons. The summed E-state index contributed by atoms with van der Waals surface area (Å²) in [6.45, 7) is 0.492. The Morgan fingerprint density at radius 3 is 2.95 bits per heavy atom. The van der Waals surface area contributed by atoms with E-state index in [0.717, 1.165) is 5.69 Å². The van der Waals surface area contributed by atoms with Crippen LogP contribution < -0.4 is 10.1 Å². The minimum Gasteiger partial charge on any atom is -0.485 e. The zero-order valence-electron chi connectivity index (χ0n) is 11.6. The molecule has 0 radical (unpaired) electrons. The van der Waals surface area contributed by atoms with Crippen molar-refractivity contribution < 1.29 is 14.2 Å². The van der Waals surface area contributed by atoms with Gasteiger partial charge in [0.25, 0.3) is 0 Å². The number of rotatable bonds is 7. The molecule has 0 aliphatic heterocycles. The topological polar surface area (TPSA) is 59.3 Å². The van der Waals surface area contributed by atoms with E-state index in [1.807, 2.05) is 19.3 Å². The van der Waals surface area contributed by atoms with Gasteiger partial charge in [0.15, 0.2) is 0 Å². The first-order chi connectivity index (χ1) is 10.1. The first-order valence-corrected chi connectivity index (χ1v) is 7.00. The lowest BCUT2D eigenvalue weighted by Gasteiger charge is -2.14. The molecule has 7 heteroatoms. The summed E-state index contributed by atoms with van der Waals surface area (Å²) in [6, 6.07) is 6.01. The fourth-order valence-electron chi connectivity index (χ4n) is 1.74. The van der Waals surface area contributed by atoms with Crippen molar-refractivity contribution in [3.8, 4) is 5.75 Å². The molecule has 0 bridgehead atoms. The number of aromatic nitrogens is 2. The minimum atomic E-state index is -0.710. The van der Waals surface area contributed by atoms with Crippen LogP contribution in [-0.2, 0) is 13.7 Å². The van der Waals surface area contributed by atoms with Crippen LogP contribution >= 0.6 is 11.6 Å². The molecule has 0 saturated heterocycles. The van der Waals surface area contributed by atoms with E-state index in [0.29, 0.717) is 11.4 Å². The predicted molar refractivity (Wildman–Crippen MR) is 79.2 cm³/mol. The van der Waals surface area contributed by atoms with Crippen LogP contribution in [0.15, 0.2) is 30.5 Å². The molecule has 2 N–H and O–H groups in total. The van der Waals surface area contributed by atoms with Crippen molar-refractivity contribution in [3.63, 3.8) is 0 Å². The summed E-state index contributed by atoms with van der Waals surface area (Å²) in [4.78, 5) is 0. The Balaban J connectivity index is 2.03. The quantitative estimate of drug-likeness (QED) is 0.769. The van der Waals surface area contributed by atoms with E-state index < -0.39 is 6.10 Å². The summed E-state index contributed by atoms with van der Waals surface area (Å²) in [7, 11) is 1.82. The average Bonchev–Trinajstić information content (AvgIpc) is 2.89. The number of aryl methyl sites for hydroxylation is 1. The van der Waals surface area contributed by atoms with Crippen LogP contribution in [0.5, 0.6) is 5.75 Å². The maximum absolute atomic E-state index is 13.3. The van der Waals surface area contributed by atoms with Gasteiger partial charge in [-0.2, -0.15) is 5.10 Å². The molecule has 1 aromatic carbocycles. The average molecular weight is 314 g/mol. The third-order valence-corrected chi connectivity index (χ3v) is 3.15. The highest BCUT2D eigenvalue weighted by atomic mass is 35.5. The Morgan fingerprint density at radius 1 is 1.48 bits per heavy atom. The maximum Gasteiger partial charge on any atom is 0.143 e. The van der Waals surface area contributed by atoms with E-state index in [4.69, 9.17) is 16.3 Å². The van der Waals surface area contributed by atoms with Gasteiger partial charge in [-0.05, 0) is 18.2 Å². The second-order valence-electron chi connectivity index (χ2n) is 4.60. The normalized spacial score (nSPS) is 12.2. The summed E-state index contributed by atoms with van der Waals surface area (Å²) in [5, 5.41) is 16.6. The lowest BCUT2D eigenvalue weighted by atomic mass is 10.2. The zero-order valence-corrected chi connectivity index (χ0v) is 12.3. The number of nitrogens with zero attached hydrogens (tertiary/aromatic N) is 2. The first-order valence-electron chi connectivity index (χ1n) is 6.47. The Morgan fingerprint density at radius 2 is 2.29 bits per heavy atom. The zero-order chi connectivity index (χ0) is 15.2. The highest BCUT2D eigenvalue weighted by molar-refractivity contribution is 6.18. The van der Waals surface area contributed by atoms with Gasteiger partial charge in [-0.25, -0.2) is 4.39 Å². The molecule has 0 aliphatic carbocycles. The molecule has 0 amide bonds. The molecule has 0 aliphatic rings. The number of anilines is 1. The molecular formula is C14H17ClFN3O2. The van der Waals surface area contributed by atoms with Gasteiger partial charge < -0.3 is 15.2 Å². The van der Waals surface area contributed by atoms with Crippen LogP contribution in [0, 0.1) is 5.82 Å². The van der Waals surface area contributed by atoms with Crippen LogP contribution in [0.3, 0.4) is 0 Å². The van der Waals surface area contributed by atoms with Crippen LogP contribution in [0.25, 0.3) is 0 Å². The molecule has 1 unspecified atom stereocenters. The maximum atomic E-state index is 13.3. The molecule has 0 spiro atoms. The third-order valence-electron chi connectivity index (χ3n) is 2.79. The number of ether oxygens (including phenoxy) is 1. The first kappa shape index (κ1) is 15.6. The number of hydrogen-bond acceptors (Lipinski definition) is 4. The lowest BCUT2D eigenvalue weighted by molar-refractivity contribution is 0.211. The molecule has 21 heavy (non-hydrogen) atoms. The summed E-state index contributed by atoms with van der Waals surface area (Å²) in [5.74, 6) is 0.207. The number of halogens is 2. The van der Waals surface area contributed by atoms with Gasteiger partial charge in [-0.15, -0.1) is 11.6 Å². The van der Waals surface area contributed by atoms with Gasteiger partial charge in [0.1, 0.15) is 18.2 Å². The largest absolute Gasteiger partial charge is 0.485 e. The van der Waals surface area contributed by atoms with Crippen molar-refractivity contribution in [2.75, 3.05) is 17.7 Å². The van der Waals surface area contributed by atoms with Crippen LogP contribution in [0.2, 0.25) is 0 Å². The van der Waals surface area contributed by atoms with E-state index in [-0.39, 0.29) is 24.8 Å². The molecule has 0 fully saturated rings. The molecule has 2 rings (SSSR count). The molecular weight excluding hydrogens is 297 g/mol. The predicted octanol–water partition coefficient (Wildman–Crippen LogP) is 2.15. The van der Waals surface area contributed by atoms with Crippen molar-refractivity contribution in [2.45, 2.75) is 12.7 Å². The number of aliphatic hydroxyl groups excluding tert-OH is 1. The van der Waals surface area contributed by atoms with Gasteiger partial charge in [0.2, 0.25) is 0 Å². The molecule has 1 heterocycles. The minimum absolute atomic E-state index is 0.104. The third kappa shape index (κ3) is 4.61. The SMILES string of the molecule is Cn1ccc(COc2ccc(F)cc2NCC(O)CCl)n1. The van der Waals surface area contributed by atoms with Gasteiger partial charge in [-0.3, -0.25) is 4.68 Å². The molecule has 0 saturated carbocycles. The van der Waals surface area contributed by atoms with E-state index in [2.05, 4.69) is 10.4 Å². The number of alkyl halides is 1. The van der Waals surface area contributed by atoms with Crippen molar-refractivity contribution in [3.05, 3.63) is 42.0 Å². The van der Waals surface area contributed by atoms with Crippen LogP contribution in [0.1, 0.15) is 5.69 Å². The number of hydrogen-bond donors (Lipinski definition) is 2. The summed E-state index contributed by atoms with van der Waals surface area (Å²) in [6.07, 6.45) is 1.11. The van der Waals surface area contributed by atoms with Crippen LogP contribution in [-0.4, -0.2) is 33.4 Å². The van der Waals surface area contributed by atoms with Gasteiger partial charge >= 0.3 is 0 Å². The van der Waals surface area contributed by atoms with Crippen molar-refractivity contribution in [2.24, 2.45) is 7.05 Å². The van der Waals surface area contributed by atoms with E-state index in [1.54, 1.807) is 4.68 Å².